The number of pyridine rings is 1. The molecule has 0 atom stereocenters. The topological polar surface area (TPSA) is 54.4 Å². The number of amides is 1. The Hall–Kier alpha value is -3.27. The lowest BCUT2D eigenvalue weighted by atomic mass is 9.91. The molecular weight excluding hydrogens is 310 g/mol. The molecule has 0 spiro atoms. The van der Waals surface area contributed by atoms with Crippen LogP contribution in [0.1, 0.15) is 29.7 Å². The first kappa shape index (κ1) is 16.6. The van der Waals surface area contributed by atoms with Gasteiger partial charge < -0.3 is 0 Å². The minimum Gasteiger partial charge on any atom is -0.272 e. The minimum atomic E-state index is -0.414. The van der Waals surface area contributed by atoms with Crippen LogP contribution in [0.2, 0.25) is 0 Å². The first-order valence-corrected chi connectivity index (χ1v) is 8.11. The highest BCUT2D eigenvalue weighted by Gasteiger charge is 2.22. The summed E-state index contributed by atoms with van der Waals surface area (Å²) in [6, 6.07) is 25.0. The van der Waals surface area contributed by atoms with Crippen LogP contribution < -0.4 is 5.43 Å². The molecule has 1 aromatic heterocycles. The Morgan fingerprint density at radius 3 is 1.96 bits per heavy atom. The maximum Gasteiger partial charge on any atom is 0.252 e. The van der Waals surface area contributed by atoms with Crippen LogP contribution in [0, 0.1) is 0 Å². The van der Waals surface area contributed by atoms with Crippen molar-refractivity contribution in [3.05, 3.63) is 102 Å². The van der Waals surface area contributed by atoms with E-state index in [4.69, 9.17) is 0 Å². The van der Waals surface area contributed by atoms with Gasteiger partial charge in [0.2, 0.25) is 0 Å². The molecule has 0 saturated carbocycles. The van der Waals surface area contributed by atoms with Crippen LogP contribution >= 0.6 is 0 Å². The molecule has 1 amide bonds. The largest absolute Gasteiger partial charge is 0.272 e. The molecule has 1 N–H and O–H groups in total. The molecule has 124 valence electrons. The number of hydrazone groups is 1. The van der Waals surface area contributed by atoms with Crippen molar-refractivity contribution in [1.29, 1.82) is 0 Å². The Balaban J connectivity index is 1.85. The number of carbonyl (C=O) groups is 1. The quantitative estimate of drug-likeness (QED) is 0.572. The standard InChI is InChI=1S/C21H19N3O/c1-16(19-14-8-9-15-22-19)23-24-21(25)20(17-10-4-2-5-11-17)18-12-6-3-7-13-18/h2-15,20H,1H3,(H,24,25)/b23-16-. The Kier molecular flexibility index (Phi) is 5.32. The van der Waals surface area contributed by atoms with Crippen LogP contribution in [0.5, 0.6) is 0 Å². The van der Waals surface area contributed by atoms with E-state index in [1.165, 1.54) is 0 Å². The van der Waals surface area contributed by atoms with Crippen molar-refractivity contribution in [3.8, 4) is 0 Å². The molecule has 2 aromatic carbocycles. The number of nitrogens with one attached hydrogen (secondary N) is 1. The van der Waals surface area contributed by atoms with E-state index in [0.717, 1.165) is 16.8 Å². The first-order valence-electron chi connectivity index (χ1n) is 8.11. The second kappa shape index (κ2) is 8.02. The van der Waals surface area contributed by atoms with Crippen LogP contribution in [0.3, 0.4) is 0 Å². The van der Waals surface area contributed by atoms with Crippen LogP contribution in [0.15, 0.2) is 90.2 Å². The van der Waals surface area contributed by atoms with E-state index in [9.17, 15) is 4.79 Å². The number of benzene rings is 2. The van der Waals surface area contributed by atoms with Gasteiger partial charge in [-0.2, -0.15) is 5.10 Å². The van der Waals surface area contributed by atoms with E-state index in [1.807, 2.05) is 85.8 Å². The van der Waals surface area contributed by atoms with Crippen molar-refractivity contribution in [2.75, 3.05) is 0 Å². The lowest BCUT2D eigenvalue weighted by molar-refractivity contribution is -0.121. The second-order valence-electron chi connectivity index (χ2n) is 5.64. The molecule has 25 heavy (non-hydrogen) atoms. The highest BCUT2D eigenvalue weighted by atomic mass is 16.2. The fourth-order valence-electron chi connectivity index (χ4n) is 2.62. The smallest absolute Gasteiger partial charge is 0.252 e. The maximum absolute atomic E-state index is 12.8. The molecule has 3 aromatic rings. The Bertz CT molecular complexity index is 807. The van der Waals surface area contributed by atoms with E-state index >= 15 is 0 Å². The van der Waals surface area contributed by atoms with Gasteiger partial charge in [-0.25, -0.2) is 5.43 Å². The van der Waals surface area contributed by atoms with Crippen LogP contribution in [0.4, 0.5) is 0 Å². The van der Waals surface area contributed by atoms with Gasteiger partial charge in [-0.3, -0.25) is 9.78 Å². The zero-order valence-corrected chi connectivity index (χ0v) is 14.0. The van der Waals surface area contributed by atoms with Crippen molar-refractivity contribution in [2.45, 2.75) is 12.8 Å². The normalized spacial score (nSPS) is 11.4. The van der Waals surface area contributed by atoms with Gasteiger partial charge >= 0.3 is 0 Å². The van der Waals surface area contributed by atoms with E-state index in [2.05, 4.69) is 15.5 Å². The zero-order chi connectivity index (χ0) is 17.5. The molecule has 0 radical (unpaired) electrons. The molecule has 1 heterocycles. The summed E-state index contributed by atoms with van der Waals surface area (Å²) in [4.78, 5) is 17.1. The average molecular weight is 329 g/mol. The van der Waals surface area contributed by atoms with Gasteiger partial charge in [0.05, 0.1) is 17.3 Å². The predicted octanol–water partition coefficient (Wildman–Crippen LogP) is 3.75. The summed E-state index contributed by atoms with van der Waals surface area (Å²) in [6.45, 7) is 1.82. The van der Waals surface area contributed by atoms with Gasteiger partial charge in [0.1, 0.15) is 0 Å². The summed E-state index contributed by atoms with van der Waals surface area (Å²) in [7, 11) is 0. The predicted molar refractivity (Wildman–Crippen MR) is 99.3 cm³/mol. The van der Waals surface area contributed by atoms with Crippen LogP contribution in [-0.4, -0.2) is 16.6 Å². The van der Waals surface area contributed by atoms with Gasteiger partial charge in [0.25, 0.3) is 5.91 Å². The summed E-state index contributed by atoms with van der Waals surface area (Å²) in [5, 5.41) is 4.22. The van der Waals surface area contributed by atoms with Crippen molar-refractivity contribution in [2.24, 2.45) is 5.10 Å². The fraction of sp³-hybridized carbons (Fsp3) is 0.0952. The third-order valence-corrected chi connectivity index (χ3v) is 3.90. The summed E-state index contributed by atoms with van der Waals surface area (Å²) in [5.41, 5.74) is 5.94. The van der Waals surface area contributed by atoms with Gasteiger partial charge in [0.15, 0.2) is 0 Å². The van der Waals surface area contributed by atoms with E-state index < -0.39 is 5.92 Å². The SMILES string of the molecule is C/C(=N/NC(=O)C(c1ccccc1)c1ccccc1)c1ccccn1. The van der Waals surface area contributed by atoms with Crippen LogP contribution in [0.25, 0.3) is 0 Å². The molecule has 0 fully saturated rings. The minimum absolute atomic E-state index is 0.173. The third-order valence-electron chi connectivity index (χ3n) is 3.90. The number of aromatic nitrogens is 1. The number of rotatable bonds is 5. The highest BCUT2D eigenvalue weighted by molar-refractivity contribution is 5.98. The van der Waals surface area contributed by atoms with Gasteiger partial charge in [-0.05, 0) is 30.2 Å². The summed E-state index contributed by atoms with van der Waals surface area (Å²) in [5.74, 6) is -0.588. The van der Waals surface area contributed by atoms with Gasteiger partial charge in [0, 0.05) is 6.20 Å². The molecule has 4 nitrogen and oxygen atoms in total. The number of carbonyl (C=O) groups excluding carboxylic acids is 1. The molecule has 0 aliphatic heterocycles. The molecule has 3 rings (SSSR count). The van der Waals surface area contributed by atoms with E-state index in [-0.39, 0.29) is 5.91 Å². The number of hydrogen-bond acceptors (Lipinski definition) is 3. The van der Waals surface area contributed by atoms with Crippen molar-refractivity contribution < 1.29 is 4.79 Å². The molecular formula is C21H19N3O. The Morgan fingerprint density at radius 2 is 1.44 bits per heavy atom. The molecule has 4 heteroatoms. The average Bonchev–Trinajstić information content (AvgIpc) is 2.69. The monoisotopic (exact) mass is 329 g/mol. The van der Waals surface area contributed by atoms with Crippen molar-refractivity contribution in [1.82, 2.24) is 10.4 Å². The molecule has 0 unspecified atom stereocenters. The lowest BCUT2D eigenvalue weighted by Gasteiger charge is -2.16. The summed E-state index contributed by atoms with van der Waals surface area (Å²) >= 11 is 0. The third kappa shape index (κ3) is 4.18. The van der Waals surface area contributed by atoms with E-state index in [0.29, 0.717) is 5.71 Å². The molecule has 0 saturated heterocycles. The first-order chi connectivity index (χ1) is 12.3. The molecule has 0 aliphatic rings. The summed E-state index contributed by atoms with van der Waals surface area (Å²) in [6.07, 6.45) is 1.70. The zero-order valence-electron chi connectivity index (χ0n) is 14.0. The maximum atomic E-state index is 12.8. The van der Waals surface area contributed by atoms with Gasteiger partial charge in [-0.15, -0.1) is 0 Å². The highest BCUT2D eigenvalue weighted by Crippen LogP contribution is 2.24. The van der Waals surface area contributed by atoms with Gasteiger partial charge in [-0.1, -0.05) is 66.7 Å². The molecule has 0 aliphatic carbocycles. The Morgan fingerprint density at radius 1 is 0.880 bits per heavy atom. The fourth-order valence-corrected chi connectivity index (χ4v) is 2.62. The van der Waals surface area contributed by atoms with E-state index in [1.54, 1.807) is 6.20 Å². The van der Waals surface area contributed by atoms with Crippen molar-refractivity contribution in [3.63, 3.8) is 0 Å². The summed E-state index contributed by atoms with van der Waals surface area (Å²) < 4.78 is 0. The lowest BCUT2D eigenvalue weighted by Crippen LogP contribution is -2.27. The second-order valence-corrected chi connectivity index (χ2v) is 5.64. The van der Waals surface area contributed by atoms with Crippen molar-refractivity contribution >= 4 is 11.6 Å². The Labute approximate surface area is 147 Å². The molecule has 0 bridgehead atoms. The number of hydrogen-bond donors (Lipinski definition) is 1. The number of nitrogens with zero attached hydrogens (tertiary/aromatic N) is 2. The van der Waals surface area contributed by atoms with Crippen LogP contribution in [-0.2, 0) is 4.79 Å².